The van der Waals surface area contributed by atoms with E-state index in [2.05, 4.69) is 41.6 Å². The number of nitrogens with one attached hydrogen (secondary N) is 2. The van der Waals surface area contributed by atoms with Crippen LogP contribution >= 0.6 is 0 Å². The van der Waals surface area contributed by atoms with Crippen molar-refractivity contribution in [3.63, 3.8) is 0 Å². The van der Waals surface area contributed by atoms with Gasteiger partial charge in [-0.3, -0.25) is 9.79 Å². The molecule has 1 amide bonds. The van der Waals surface area contributed by atoms with Gasteiger partial charge in [0, 0.05) is 34.2 Å². The van der Waals surface area contributed by atoms with Crippen molar-refractivity contribution < 1.29 is 9.53 Å². The first-order chi connectivity index (χ1) is 13.4. The molecule has 2 N–H and O–H groups in total. The van der Waals surface area contributed by atoms with Crippen molar-refractivity contribution >= 4 is 11.9 Å². The molecule has 0 heterocycles. The van der Waals surface area contributed by atoms with E-state index in [4.69, 9.17) is 4.74 Å². The van der Waals surface area contributed by atoms with Gasteiger partial charge in [0.1, 0.15) is 5.75 Å². The van der Waals surface area contributed by atoms with E-state index in [0.29, 0.717) is 31.6 Å². The monoisotopic (exact) mass is 388 g/mol. The molecule has 0 aromatic heterocycles. The summed E-state index contributed by atoms with van der Waals surface area (Å²) in [7, 11) is 5.43. The molecule has 1 fully saturated rings. The molecule has 1 aromatic carbocycles. The normalized spacial score (nSPS) is 16.1. The van der Waals surface area contributed by atoms with Gasteiger partial charge in [0.25, 0.3) is 0 Å². The molecule has 0 saturated heterocycles. The summed E-state index contributed by atoms with van der Waals surface area (Å²) in [5, 5.41) is 6.72. The highest BCUT2D eigenvalue weighted by Crippen LogP contribution is 2.38. The molecule has 1 aromatic rings. The third-order valence-electron chi connectivity index (χ3n) is 5.18. The van der Waals surface area contributed by atoms with Gasteiger partial charge in [0.15, 0.2) is 5.96 Å². The smallest absolute Gasteiger partial charge is 0.230 e. The van der Waals surface area contributed by atoms with Crippen molar-refractivity contribution in [3.8, 4) is 5.75 Å². The van der Waals surface area contributed by atoms with Gasteiger partial charge < -0.3 is 20.3 Å². The van der Waals surface area contributed by atoms with Crippen LogP contribution in [0.25, 0.3) is 0 Å². The minimum absolute atomic E-state index is 0.211. The number of nitrogens with zero attached hydrogens (tertiary/aromatic N) is 2. The summed E-state index contributed by atoms with van der Waals surface area (Å²) in [5.41, 5.74) is 0.815. The van der Waals surface area contributed by atoms with Crippen LogP contribution in [-0.4, -0.2) is 51.1 Å². The Kier molecular flexibility index (Phi) is 8.15. The molecule has 0 atom stereocenters. The maximum absolute atomic E-state index is 12.7. The van der Waals surface area contributed by atoms with Crippen LogP contribution in [0, 0.1) is 11.3 Å². The molecule has 0 unspecified atom stereocenters. The fraction of sp³-hybridized carbons (Fsp3) is 0.636. The number of ether oxygens (including phenoxy) is 1. The number of hydrogen-bond donors (Lipinski definition) is 2. The average Bonchev–Trinajstić information content (AvgIpc) is 3.16. The zero-order valence-electron chi connectivity index (χ0n) is 18.0. The van der Waals surface area contributed by atoms with Gasteiger partial charge in [0.05, 0.1) is 12.0 Å². The zero-order valence-corrected chi connectivity index (χ0v) is 18.0. The summed E-state index contributed by atoms with van der Waals surface area (Å²) < 4.78 is 5.80. The van der Waals surface area contributed by atoms with Crippen LogP contribution in [0.5, 0.6) is 5.75 Å². The number of amides is 1. The highest BCUT2D eigenvalue weighted by atomic mass is 16.5. The lowest BCUT2D eigenvalue weighted by Gasteiger charge is -2.31. The first-order valence-corrected chi connectivity index (χ1v) is 10.2. The van der Waals surface area contributed by atoms with E-state index in [0.717, 1.165) is 37.0 Å². The fourth-order valence-electron chi connectivity index (χ4n) is 3.66. The van der Waals surface area contributed by atoms with Gasteiger partial charge in [-0.05, 0) is 36.5 Å². The second kappa shape index (κ2) is 10.3. The maximum Gasteiger partial charge on any atom is 0.230 e. The number of guanidine groups is 1. The van der Waals surface area contributed by atoms with E-state index in [1.807, 2.05) is 26.2 Å². The summed E-state index contributed by atoms with van der Waals surface area (Å²) in [4.78, 5) is 18.7. The van der Waals surface area contributed by atoms with Crippen LogP contribution in [0.3, 0.4) is 0 Å². The molecule has 6 heteroatoms. The summed E-state index contributed by atoms with van der Waals surface area (Å²) in [6, 6.07) is 8.11. The summed E-state index contributed by atoms with van der Waals surface area (Å²) >= 11 is 0. The van der Waals surface area contributed by atoms with Crippen LogP contribution in [0.4, 0.5) is 0 Å². The fourth-order valence-corrected chi connectivity index (χ4v) is 3.66. The van der Waals surface area contributed by atoms with Crippen LogP contribution in [-0.2, 0) is 11.3 Å². The molecule has 0 aliphatic heterocycles. The Morgan fingerprint density at radius 2 is 1.96 bits per heavy atom. The molecule has 1 saturated carbocycles. The molecule has 28 heavy (non-hydrogen) atoms. The van der Waals surface area contributed by atoms with E-state index in [-0.39, 0.29) is 11.3 Å². The molecule has 156 valence electrons. The first kappa shape index (κ1) is 22.1. The van der Waals surface area contributed by atoms with Gasteiger partial charge in [-0.1, -0.05) is 38.8 Å². The summed E-state index contributed by atoms with van der Waals surface area (Å²) in [6.45, 7) is 6.24. The second-order valence-electron chi connectivity index (χ2n) is 8.32. The highest BCUT2D eigenvalue weighted by Gasteiger charge is 2.42. The second-order valence-corrected chi connectivity index (χ2v) is 8.32. The maximum atomic E-state index is 12.7. The molecular formula is C22H36N4O2. The topological polar surface area (TPSA) is 66.0 Å². The summed E-state index contributed by atoms with van der Waals surface area (Å²) in [5.74, 6) is 2.31. The Morgan fingerprint density at radius 3 is 2.57 bits per heavy atom. The van der Waals surface area contributed by atoms with Crippen molar-refractivity contribution in [2.75, 3.05) is 34.3 Å². The minimum atomic E-state index is -0.314. The molecule has 1 aliphatic carbocycles. The number of rotatable bonds is 8. The Morgan fingerprint density at radius 1 is 1.25 bits per heavy atom. The molecule has 1 aliphatic rings. The lowest BCUT2D eigenvalue weighted by atomic mass is 9.84. The molecule has 0 spiro atoms. The predicted octanol–water partition coefficient (Wildman–Crippen LogP) is 3.04. The van der Waals surface area contributed by atoms with Crippen LogP contribution < -0.4 is 15.4 Å². The molecule has 2 rings (SSSR count). The number of benzene rings is 1. The van der Waals surface area contributed by atoms with E-state index in [1.54, 1.807) is 11.9 Å². The standard InChI is InChI=1S/C22H36N4O2/c1-17(2)15-28-19-10-8-9-18(13-19)14-24-21(23-3)25-16-22(11-6-7-12-22)20(27)26(4)5/h8-10,13,17H,6-7,11-12,14-16H2,1-5H3,(H2,23,24,25). The van der Waals surface area contributed by atoms with Gasteiger partial charge in [-0.15, -0.1) is 0 Å². The van der Waals surface area contributed by atoms with Gasteiger partial charge in [-0.2, -0.15) is 0 Å². The van der Waals surface area contributed by atoms with Gasteiger partial charge in [-0.25, -0.2) is 0 Å². The summed E-state index contributed by atoms with van der Waals surface area (Å²) in [6.07, 6.45) is 4.08. The quantitative estimate of drug-likeness (QED) is 0.531. The van der Waals surface area contributed by atoms with Crippen LogP contribution in [0.2, 0.25) is 0 Å². The lowest BCUT2D eigenvalue weighted by molar-refractivity contribution is -0.138. The first-order valence-electron chi connectivity index (χ1n) is 10.2. The number of carbonyl (C=O) groups excluding carboxylic acids is 1. The minimum Gasteiger partial charge on any atom is -0.493 e. The largest absolute Gasteiger partial charge is 0.493 e. The number of hydrogen-bond acceptors (Lipinski definition) is 3. The Balaban J connectivity index is 1.91. The van der Waals surface area contributed by atoms with Crippen molar-refractivity contribution in [1.82, 2.24) is 15.5 Å². The molecule has 0 radical (unpaired) electrons. The molecular weight excluding hydrogens is 352 g/mol. The van der Waals surface area contributed by atoms with Gasteiger partial charge in [0.2, 0.25) is 5.91 Å². The molecule has 0 bridgehead atoms. The van der Waals surface area contributed by atoms with Crippen molar-refractivity contribution in [3.05, 3.63) is 29.8 Å². The third kappa shape index (κ3) is 6.14. The van der Waals surface area contributed by atoms with Gasteiger partial charge >= 0.3 is 0 Å². The Labute approximate surface area is 169 Å². The SMILES string of the molecule is CN=C(NCc1cccc(OCC(C)C)c1)NCC1(C(=O)N(C)C)CCCC1. The predicted molar refractivity (Wildman–Crippen MR) is 115 cm³/mol. The third-order valence-corrected chi connectivity index (χ3v) is 5.18. The number of carbonyl (C=O) groups is 1. The van der Waals surface area contributed by atoms with Crippen LogP contribution in [0.1, 0.15) is 45.1 Å². The van der Waals surface area contributed by atoms with Crippen molar-refractivity contribution in [1.29, 1.82) is 0 Å². The van der Waals surface area contributed by atoms with Crippen molar-refractivity contribution in [2.45, 2.75) is 46.1 Å². The van der Waals surface area contributed by atoms with E-state index >= 15 is 0 Å². The average molecular weight is 389 g/mol. The zero-order chi connectivity index (χ0) is 20.6. The Bertz CT molecular complexity index is 664. The van der Waals surface area contributed by atoms with Crippen LogP contribution in [0.15, 0.2) is 29.3 Å². The lowest BCUT2D eigenvalue weighted by Crippen LogP contribution is -2.49. The van der Waals surface area contributed by atoms with E-state index < -0.39 is 0 Å². The number of aliphatic imine (C=N–C) groups is 1. The molecule has 6 nitrogen and oxygen atoms in total. The van der Waals surface area contributed by atoms with E-state index in [1.165, 1.54) is 0 Å². The Hall–Kier alpha value is -2.24. The highest BCUT2D eigenvalue weighted by molar-refractivity contribution is 5.85. The van der Waals surface area contributed by atoms with Crippen molar-refractivity contribution in [2.24, 2.45) is 16.3 Å². The van der Waals surface area contributed by atoms with E-state index in [9.17, 15) is 4.79 Å².